The summed E-state index contributed by atoms with van der Waals surface area (Å²) in [7, 11) is -9.87. The Bertz CT molecular complexity index is 2570. The van der Waals surface area contributed by atoms with E-state index in [1.165, 1.54) is 0 Å². The van der Waals surface area contributed by atoms with E-state index in [1.807, 2.05) is 38.1 Å². The fourth-order valence-electron chi connectivity index (χ4n) is 7.08. The Labute approximate surface area is 303 Å². The van der Waals surface area contributed by atoms with E-state index in [0.29, 0.717) is 58.4 Å². The van der Waals surface area contributed by atoms with Gasteiger partial charge in [-0.2, -0.15) is 27.1 Å². The third kappa shape index (κ3) is 6.19. The summed E-state index contributed by atoms with van der Waals surface area (Å²) in [4.78, 5) is -1.10. The molecule has 0 fully saturated rings. The van der Waals surface area contributed by atoms with Gasteiger partial charge in [0.15, 0.2) is 0 Å². The summed E-state index contributed by atoms with van der Waals surface area (Å²) in [5.74, 6) is 0. The van der Waals surface area contributed by atoms with Crippen LogP contribution >= 0.6 is 0 Å². The first kappa shape index (κ1) is 33.6. The lowest BCUT2D eigenvalue weighted by Gasteiger charge is -2.20. The zero-order valence-corrected chi connectivity index (χ0v) is 29.8. The van der Waals surface area contributed by atoms with Gasteiger partial charge in [-0.1, -0.05) is 112 Å². The van der Waals surface area contributed by atoms with Crippen LogP contribution in [-0.4, -0.2) is 25.9 Å². The molecule has 8 N–H and O–H groups in total. The van der Waals surface area contributed by atoms with E-state index < -0.39 is 30.0 Å². The Morgan fingerprint density at radius 2 is 0.981 bits per heavy atom. The van der Waals surface area contributed by atoms with Gasteiger partial charge in [0.25, 0.3) is 20.2 Å². The molecule has 0 saturated heterocycles. The molecule has 14 heteroatoms. The molecule has 0 aromatic heterocycles. The van der Waals surface area contributed by atoms with Crippen molar-refractivity contribution >= 4 is 64.5 Å². The van der Waals surface area contributed by atoms with Crippen molar-refractivity contribution in [2.75, 3.05) is 11.5 Å². The average Bonchev–Trinajstić information content (AvgIpc) is 3.13. The molecular formula is C38H36N6O6S2. The van der Waals surface area contributed by atoms with Crippen molar-refractivity contribution < 1.29 is 28.8 Å². The number of hydrogen-bond donors (Lipinski definition) is 6. The second-order valence-electron chi connectivity index (χ2n) is 12.4. The number of nitrogens with two attached hydrogens (primary N) is 2. The molecule has 0 bridgehead atoms. The van der Waals surface area contributed by atoms with Crippen LogP contribution in [0.2, 0.25) is 2.82 Å². The maximum Gasteiger partial charge on any atom is 0.297 e. The highest BCUT2D eigenvalue weighted by molar-refractivity contribution is 7.86. The molecule has 6 aromatic carbocycles. The Hall–Kier alpha value is -5.54. The number of rotatable bonds is 11. The minimum atomic E-state index is -4.93. The molecule has 52 heavy (non-hydrogen) atoms. The fourth-order valence-corrected chi connectivity index (χ4v) is 8.82. The highest BCUT2D eigenvalue weighted by atomic mass is 32.2. The van der Waals surface area contributed by atoms with E-state index >= 15 is 0 Å². The number of hydrogen-bond acceptors (Lipinski definition) is 10. The largest absolute Gasteiger partial charge is 0.396 e. The van der Waals surface area contributed by atoms with Crippen LogP contribution in [0.25, 0.3) is 54.9 Å². The molecule has 0 saturated carbocycles. The van der Waals surface area contributed by atoms with E-state index in [-0.39, 0.29) is 33.9 Å². The predicted octanol–water partition coefficient (Wildman–Crippen LogP) is 9.88. The number of nitrogen functional groups attached to an aromatic ring is 2. The van der Waals surface area contributed by atoms with Gasteiger partial charge >= 0.3 is 0 Å². The second-order valence-corrected chi connectivity index (χ2v) is 15.1. The number of aryl methyl sites for hydroxylation is 2. The molecule has 6 rings (SSSR count). The van der Waals surface area contributed by atoms with Crippen LogP contribution in [0.4, 0.5) is 22.7 Å². The molecule has 12 nitrogen and oxygen atoms in total. The lowest BCUT2D eigenvalue weighted by Crippen LogP contribution is -2.06. The van der Waals surface area contributed by atoms with Crippen molar-refractivity contribution in [3.05, 3.63) is 96.1 Å². The number of fused-ring (bicyclic) bond motifs is 2. The molecule has 266 valence electrons. The van der Waals surface area contributed by atoms with Crippen molar-refractivity contribution in [1.82, 2.24) is 0 Å². The van der Waals surface area contributed by atoms with Gasteiger partial charge in [-0.15, -0.1) is 0 Å². The molecule has 0 amide bonds. The maximum absolute atomic E-state index is 13.0. The molecule has 0 aliphatic heterocycles. The molecule has 0 heterocycles. The Morgan fingerprint density at radius 3 is 1.31 bits per heavy atom. The zero-order valence-electron chi connectivity index (χ0n) is 30.2. The van der Waals surface area contributed by atoms with Gasteiger partial charge in [0.05, 0.1) is 11.4 Å². The minimum Gasteiger partial charge on any atom is -0.396 e. The van der Waals surface area contributed by atoms with Crippen LogP contribution in [0.1, 0.15) is 37.8 Å². The van der Waals surface area contributed by atoms with E-state index in [9.17, 15) is 25.9 Å². The van der Waals surface area contributed by atoms with E-state index in [4.69, 9.17) is 14.3 Å². The molecule has 0 aliphatic carbocycles. The third-order valence-electron chi connectivity index (χ3n) is 9.20. The maximum atomic E-state index is 13.0. The quantitative estimate of drug-likeness (QED) is 0.0424. The SMILES string of the molecule is [H]/N=N/c1c(S(=O)(=O)O)c(-c2ccc(-c3ccc(-c4c(S(=O)(=O)O)c(/N=N/[H])c(N)c5ccccc45)c(CCC)c3)cc2CCC)c2ccccc2c1N. The first-order valence-corrected chi connectivity index (χ1v) is 19.2. The normalized spacial score (nSPS) is 13.0. The lowest BCUT2D eigenvalue weighted by atomic mass is 9.87. The summed E-state index contributed by atoms with van der Waals surface area (Å²) < 4.78 is 87.9. The van der Waals surface area contributed by atoms with Gasteiger partial charge in [0, 0.05) is 21.9 Å². The highest BCUT2D eigenvalue weighted by Gasteiger charge is 2.30. The molecule has 0 radical (unpaired) electrons. The summed E-state index contributed by atoms with van der Waals surface area (Å²) in [6, 6.07) is 24.8. The van der Waals surface area contributed by atoms with Crippen molar-refractivity contribution in [3.8, 4) is 33.4 Å². The van der Waals surface area contributed by atoms with Gasteiger partial charge in [0.2, 0.25) is 2.82 Å². The average molecular weight is 737 g/mol. The van der Waals surface area contributed by atoms with Gasteiger partial charge in [-0.3, -0.25) is 9.11 Å². The van der Waals surface area contributed by atoms with Crippen molar-refractivity contribution in [2.24, 2.45) is 10.2 Å². The third-order valence-corrected chi connectivity index (χ3v) is 11.0. The van der Waals surface area contributed by atoms with E-state index in [2.05, 4.69) is 21.3 Å². The Balaban J connectivity index is 1.63. The van der Waals surface area contributed by atoms with Crippen LogP contribution in [0.3, 0.4) is 0 Å². The second kappa shape index (κ2) is 13.9. The minimum absolute atomic E-state index is 0.0453. The number of nitrogens with one attached hydrogen (secondary N) is 2. The number of nitrogens with zero attached hydrogens (tertiary/aromatic N) is 2. The first-order valence-electron chi connectivity index (χ1n) is 17.3. The van der Waals surface area contributed by atoms with Crippen LogP contribution in [0, 0.1) is 11.0 Å². The van der Waals surface area contributed by atoms with E-state index in [0.717, 1.165) is 22.3 Å². The molecule has 0 spiro atoms. The van der Waals surface area contributed by atoms with Gasteiger partial charge in [0.1, 0.15) is 21.2 Å². The van der Waals surface area contributed by atoms with Crippen molar-refractivity contribution in [1.29, 1.82) is 11.0 Å². The van der Waals surface area contributed by atoms with E-state index in [1.54, 1.807) is 60.7 Å². The smallest absolute Gasteiger partial charge is 0.297 e. The highest BCUT2D eigenvalue weighted by Crippen LogP contribution is 2.49. The summed E-state index contributed by atoms with van der Waals surface area (Å²) in [6.07, 6.45) is 2.41. The summed E-state index contributed by atoms with van der Waals surface area (Å²) in [6.45, 7) is 3.96. The first-order chi connectivity index (χ1) is 25.8. The van der Waals surface area contributed by atoms with Crippen molar-refractivity contribution in [2.45, 2.75) is 49.3 Å². The Kier molecular flexibility index (Phi) is 8.97. The zero-order chi connectivity index (χ0) is 38.9. The van der Waals surface area contributed by atoms with Crippen LogP contribution in [0.5, 0.6) is 0 Å². The van der Waals surface area contributed by atoms with Crippen LogP contribution in [0.15, 0.2) is 105 Å². The molecule has 6 aromatic rings. The van der Waals surface area contributed by atoms with Gasteiger partial charge in [-0.05, 0) is 57.0 Å². The lowest BCUT2D eigenvalue weighted by molar-refractivity contribution is 0.481. The van der Waals surface area contributed by atoms with Gasteiger partial charge < -0.3 is 11.5 Å². The van der Waals surface area contributed by atoms with Gasteiger partial charge in [-0.25, -0.2) is 11.0 Å². The van der Waals surface area contributed by atoms with Crippen LogP contribution < -0.4 is 11.5 Å². The number of benzene rings is 6. The predicted molar refractivity (Wildman–Crippen MR) is 204 cm³/mol. The molecule has 0 unspecified atom stereocenters. The summed E-state index contributed by atoms with van der Waals surface area (Å²) in [5, 5.41) is 9.30. The fraction of sp³-hybridized carbons (Fsp3) is 0.158. The number of anilines is 2. The topological polar surface area (TPSA) is 233 Å². The molecule has 0 aliphatic rings. The van der Waals surface area contributed by atoms with Crippen molar-refractivity contribution in [3.63, 3.8) is 0 Å². The Morgan fingerprint density at radius 1 is 0.615 bits per heavy atom. The monoisotopic (exact) mass is 736 g/mol. The molecular weight excluding hydrogens is 701 g/mol. The van der Waals surface area contributed by atoms with Crippen LogP contribution in [-0.2, 0) is 33.1 Å². The molecule has 0 atom stereocenters. The summed E-state index contributed by atoms with van der Waals surface area (Å²) >= 11 is 0. The summed E-state index contributed by atoms with van der Waals surface area (Å²) in [5.41, 5.74) is 22.5. The standard InChI is InChI=1S/C38H36N6O6S2/c1-3-9-23-19-21(15-17-25(23)31-27-11-5-7-13-29(27)33(39)35(43-41)37(31)51(45,46)47)22-16-18-26(24(20-22)10-4-2)32-28-12-6-8-14-30(28)34(40)36(44-42)38(32)52(48,49)50/h5-8,11-20,41-42H,3-4,9-10,39-40H2,1-2H3,(H,45,46,47)(H,48,49,50)/b43-41+,44-42+.